The molecule has 0 spiro atoms. The first-order valence-corrected chi connectivity index (χ1v) is 12.0. The molecular formula is C25H26N2O4S. The number of carbonyl (C=O) groups excluding carboxylic acids is 2. The van der Waals surface area contributed by atoms with Crippen LogP contribution >= 0.6 is 0 Å². The van der Waals surface area contributed by atoms with Gasteiger partial charge in [0.25, 0.3) is 5.91 Å². The summed E-state index contributed by atoms with van der Waals surface area (Å²) in [7, 11) is -3.45. The quantitative estimate of drug-likeness (QED) is 0.526. The third-order valence-corrected chi connectivity index (χ3v) is 5.43. The Morgan fingerprint density at radius 2 is 1.31 bits per heavy atom. The van der Waals surface area contributed by atoms with Crippen LogP contribution in [0.15, 0.2) is 72.8 Å². The number of rotatable bonds is 6. The monoisotopic (exact) mass is 450 g/mol. The highest BCUT2D eigenvalue weighted by Crippen LogP contribution is 2.23. The van der Waals surface area contributed by atoms with Crippen LogP contribution in [0, 0.1) is 0 Å². The second kappa shape index (κ2) is 8.96. The second-order valence-electron chi connectivity index (χ2n) is 8.65. The van der Waals surface area contributed by atoms with E-state index in [1.807, 2.05) is 24.3 Å². The molecule has 3 aromatic rings. The fourth-order valence-corrected chi connectivity index (χ4v) is 3.72. The molecule has 0 aliphatic rings. The van der Waals surface area contributed by atoms with Crippen molar-refractivity contribution < 1.29 is 18.0 Å². The molecule has 7 heteroatoms. The van der Waals surface area contributed by atoms with Gasteiger partial charge in [0, 0.05) is 28.1 Å². The number of sulfonamides is 1. The van der Waals surface area contributed by atoms with E-state index in [1.54, 1.807) is 42.5 Å². The Morgan fingerprint density at radius 1 is 0.750 bits per heavy atom. The topological polar surface area (TPSA) is 92.3 Å². The summed E-state index contributed by atoms with van der Waals surface area (Å²) >= 11 is 0. The molecule has 0 aliphatic heterocycles. The zero-order valence-corrected chi connectivity index (χ0v) is 19.3. The van der Waals surface area contributed by atoms with Crippen molar-refractivity contribution in [2.45, 2.75) is 26.2 Å². The van der Waals surface area contributed by atoms with Gasteiger partial charge in [-0.15, -0.1) is 0 Å². The largest absolute Gasteiger partial charge is 0.322 e. The van der Waals surface area contributed by atoms with Gasteiger partial charge >= 0.3 is 0 Å². The fourth-order valence-electron chi connectivity index (χ4n) is 3.17. The number of hydrogen-bond donors (Lipinski definition) is 2. The number of benzene rings is 3. The third kappa shape index (κ3) is 6.04. The molecule has 1 amide bonds. The van der Waals surface area contributed by atoms with Crippen molar-refractivity contribution in [2.24, 2.45) is 0 Å². The van der Waals surface area contributed by atoms with Gasteiger partial charge in [-0.05, 0) is 41.3 Å². The van der Waals surface area contributed by atoms with Crippen LogP contribution in [0.4, 0.5) is 11.4 Å². The van der Waals surface area contributed by atoms with Gasteiger partial charge < -0.3 is 5.32 Å². The highest BCUT2D eigenvalue weighted by Gasteiger charge is 2.16. The average molecular weight is 451 g/mol. The summed E-state index contributed by atoms with van der Waals surface area (Å²) in [5, 5.41) is 2.76. The van der Waals surface area contributed by atoms with Gasteiger partial charge in [-0.1, -0.05) is 63.2 Å². The van der Waals surface area contributed by atoms with Crippen LogP contribution in [0.2, 0.25) is 0 Å². The number of hydrogen-bond acceptors (Lipinski definition) is 4. The SMILES string of the molecule is CC(C)(C)c1ccc(C(=O)c2cccc(NC(=O)c3cccc(NS(C)(=O)=O)c3)c2)cc1. The Morgan fingerprint density at radius 3 is 1.91 bits per heavy atom. The van der Waals surface area contributed by atoms with Gasteiger partial charge in [0.05, 0.1) is 6.26 Å². The average Bonchev–Trinajstić information content (AvgIpc) is 2.72. The molecule has 2 N–H and O–H groups in total. The molecule has 0 saturated heterocycles. The summed E-state index contributed by atoms with van der Waals surface area (Å²) in [6.07, 6.45) is 1.04. The molecule has 166 valence electrons. The first-order valence-electron chi connectivity index (χ1n) is 10.1. The minimum Gasteiger partial charge on any atom is -0.322 e. The lowest BCUT2D eigenvalue weighted by Crippen LogP contribution is -2.14. The maximum atomic E-state index is 12.9. The molecule has 0 aliphatic carbocycles. The van der Waals surface area contributed by atoms with E-state index in [0.717, 1.165) is 11.8 Å². The van der Waals surface area contributed by atoms with E-state index in [1.165, 1.54) is 6.07 Å². The van der Waals surface area contributed by atoms with Gasteiger partial charge in [0.1, 0.15) is 0 Å². The van der Waals surface area contributed by atoms with E-state index in [4.69, 9.17) is 0 Å². The van der Waals surface area contributed by atoms with Gasteiger partial charge in [-0.25, -0.2) is 8.42 Å². The standard InChI is InChI=1S/C25H26N2O4S/c1-25(2,3)20-13-11-17(12-14-20)23(28)18-7-5-9-21(15-18)26-24(29)19-8-6-10-22(16-19)27-32(4,30)31/h5-16,27H,1-4H3,(H,26,29). The van der Waals surface area contributed by atoms with E-state index < -0.39 is 15.9 Å². The Hall–Kier alpha value is -3.45. The summed E-state index contributed by atoms with van der Waals surface area (Å²) in [5.74, 6) is -0.554. The fraction of sp³-hybridized carbons (Fsp3) is 0.200. The molecule has 0 aromatic heterocycles. The van der Waals surface area contributed by atoms with Crippen LogP contribution in [0.25, 0.3) is 0 Å². The number of amides is 1. The van der Waals surface area contributed by atoms with E-state index in [0.29, 0.717) is 22.5 Å². The third-order valence-electron chi connectivity index (χ3n) is 4.82. The van der Waals surface area contributed by atoms with Crippen molar-refractivity contribution in [1.29, 1.82) is 0 Å². The number of ketones is 1. The van der Waals surface area contributed by atoms with E-state index in [2.05, 4.69) is 30.8 Å². The number of nitrogens with one attached hydrogen (secondary N) is 2. The Bertz CT molecular complexity index is 1260. The maximum Gasteiger partial charge on any atom is 0.255 e. The van der Waals surface area contributed by atoms with Gasteiger partial charge in [-0.3, -0.25) is 14.3 Å². The first kappa shape index (κ1) is 23.2. The number of anilines is 2. The van der Waals surface area contributed by atoms with Crippen molar-refractivity contribution in [3.05, 3.63) is 95.1 Å². The summed E-state index contributed by atoms with van der Waals surface area (Å²) < 4.78 is 25.2. The Kier molecular flexibility index (Phi) is 6.50. The molecule has 6 nitrogen and oxygen atoms in total. The molecule has 0 radical (unpaired) electrons. The lowest BCUT2D eigenvalue weighted by molar-refractivity contribution is 0.102. The zero-order valence-electron chi connectivity index (χ0n) is 18.5. The lowest BCUT2D eigenvalue weighted by Gasteiger charge is -2.19. The predicted octanol–water partition coefficient (Wildman–Crippen LogP) is 4.84. The summed E-state index contributed by atoms with van der Waals surface area (Å²) in [6, 6.07) is 20.4. The molecule has 0 atom stereocenters. The van der Waals surface area contributed by atoms with E-state index in [9.17, 15) is 18.0 Å². The minimum absolute atomic E-state index is 0.0000853. The zero-order chi connectivity index (χ0) is 23.5. The molecule has 32 heavy (non-hydrogen) atoms. The molecule has 3 aromatic carbocycles. The summed E-state index contributed by atoms with van der Waals surface area (Å²) in [5.41, 5.74) is 3.21. The van der Waals surface area contributed by atoms with E-state index >= 15 is 0 Å². The van der Waals surface area contributed by atoms with Crippen molar-refractivity contribution in [2.75, 3.05) is 16.3 Å². The van der Waals surface area contributed by atoms with Gasteiger partial charge in [0.15, 0.2) is 5.78 Å². The van der Waals surface area contributed by atoms with Crippen molar-refractivity contribution >= 4 is 33.1 Å². The maximum absolute atomic E-state index is 12.9. The van der Waals surface area contributed by atoms with Crippen LogP contribution in [0.1, 0.15) is 52.6 Å². The van der Waals surface area contributed by atoms with E-state index in [-0.39, 0.29) is 16.8 Å². The molecule has 3 rings (SSSR count). The Labute approximate surface area is 188 Å². The van der Waals surface area contributed by atoms with Crippen LogP contribution in [0.3, 0.4) is 0 Å². The molecule has 0 heterocycles. The lowest BCUT2D eigenvalue weighted by atomic mass is 9.86. The Balaban J connectivity index is 1.77. The van der Waals surface area contributed by atoms with Crippen LogP contribution in [0.5, 0.6) is 0 Å². The van der Waals surface area contributed by atoms with Crippen LogP contribution in [-0.4, -0.2) is 26.4 Å². The second-order valence-corrected chi connectivity index (χ2v) is 10.4. The van der Waals surface area contributed by atoms with Crippen LogP contribution < -0.4 is 10.0 Å². The van der Waals surface area contributed by atoms with Crippen molar-refractivity contribution in [3.63, 3.8) is 0 Å². The predicted molar refractivity (Wildman–Crippen MR) is 128 cm³/mol. The molecule has 0 bridgehead atoms. The number of carbonyl (C=O) groups is 2. The highest BCUT2D eigenvalue weighted by molar-refractivity contribution is 7.92. The van der Waals surface area contributed by atoms with Crippen molar-refractivity contribution in [3.8, 4) is 0 Å². The first-order chi connectivity index (χ1) is 14.9. The highest BCUT2D eigenvalue weighted by atomic mass is 32.2. The van der Waals surface area contributed by atoms with Crippen molar-refractivity contribution in [1.82, 2.24) is 0 Å². The normalized spacial score (nSPS) is 11.6. The molecular weight excluding hydrogens is 424 g/mol. The molecule has 0 saturated carbocycles. The minimum atomic E-state index is -3.45. The molecule has 0 unspecified atom stereocenters. The summed E-state index contributed by atoms with van der Waals surface area (Å²) in [4.78, 5) is 25.6. The van der Waals surface area contributed by atoms with Gasteiger partial charge in [-0.2, -0.15) is 0 Å². The smallest absolute Gasteiger partial charge is 0.255 e. The molecule has 0 fully saturated rings. The summed E-state index contributed by atoms with van der Waals surface area (Å²) in [6.45, 7) is 6.34. The van der Waals surface area contributed by atoms with Crippen LogP contribution in [-0.2, 0) is 15.4 Å². The van der Waals surface area contributed by atoms with Gasteiger partial charge in [0.2, 0.25) is 10.0 Å².